The lowest BCUT2D eigenvalue weighted by molar-refractivity contribution is 0.601. The first-order valence-electron chi connectivity index (χ1n) is 6.35. The number of benzene rings is 2. The Balaban J connectivity index is 2.21. The zero-order valence-electron chi connectivity index (χ0n) is 11.4. The molecule has 108 valence electrons. The van der Waals surface area contributed by atoms with E-state index in [4.69, 9.17) is 5.26 Å². The molecule has 0 aliphatic carbocycles. The highest BCUT2D eigenvalue weighted by Crippen LogP contribution is 2.19. The predicted molar refractivity (Wildman–Crippen MR) is 82.4 cm³/mol. The van der Waals surface area contributed by atoms with Crippen LogP contribution in [0.4, 0.5) is 11.4 Å². The lowest BCUT2D eigenvalue weighted by atomic mass is 10.2. The summed E-state index contributed by atoms with van der Waals surface area (Å²) in [6.45, 7) is 1.72. The van der Waals surface area contributed by atoms with Crippen LogP contribution in [0, 0.1) is 11.3 Å². The molecule has 5 nitrogen and oxygen atoms in total. The van der Waals surface area contributed by atoms with E-state index in [1.165, 1.54) is 12.1 Å². The van der Waals surface area contributed by atoms with E-state index in [0.29, 0.717) is 11.4 Å². The standard InChI is InChI=1S/C15H15N3O2S/c1-12(11-16)17-13-6-5-7-14(10-13)18-21(19,20)15-8-3-2-4-9-15/h2-10,12,17-18H,1H3. The summed E-state index contributed by atoms with van der Waals surface area (Å²) in [5.41, 5.74) is 1.12. The fraction of sp³-hybridized carbons (Fsp3) is 0.133. The van der Waals surface area contributed by atoms with Crippen molar-refractivity contribution < 1.29 is 8.42 Å². The fourth-order valence-electron chi connectivity index (χ4n) is 1.77. The Morgan fingerprint density at radius 2 is 1.71 bits per heavy atom. The number of nitrogens with one attached hydrogen (secondary N) is 2. The molecule has 1 atom stereocenters. The zero-order chi connectivity index (χ0) is 15.3. The summed E-state index contributed by atoms with van der Waals surface area (Å²) in [5.74, 6) is 0. The highest BCUT2D eigenvalue weighted by Gasteiger charge is 2.13. The Hall–Kier alpha value is -2.52. The first-order chi connectivity index (χ1) is 10.0. The number of hydrogen-bond donors (Lipinski definition) is 2. The minimum absolute atomic E-state index is 0.203. The molecule has 2 N–H and O–H groups in total. The molecule has 0 radical (unpaired) electrons. The van der Waals surface area contributed by atoms with E-state index in [1.807, 2.05) is 0 Å². The van der Waals surface area contributed by atoms with E-state index in [9.17, 15) is 8.42 Å². The summed E-state index contributed by atoms with van der Waals surface area (Å²) in [5, 5.41) is 11.7. The molecule has 0 bridgehead atoms. The minimum Gasteiger partial charge on any atom is -0.370 e. The summed E-state index contributed by atoms with van der Waals surface area (Å²) in [6.07, 6.45) is 0. The number of nitriles is 1. The lowest BCUT2D eigenvalue weighted by Gasteiger charge is -2.11. The first kappa shape index (κ1) is 14.9. The normalized spacial score (nSPS) is 12.2. The van der Waals surface area contributed by atoms with Crippen molar-refractivity contribution in [2.75, 3.05) is 10.0 Å². The van der Waals surface area contributed by atoms with Crippen LogP contribution >= 0.6 is 0 Å². The van der Waals surface area contributed by atoms with Crippen molar-refractivity contribution in [2.45, 2.75) is 17.9 Å². The van der Waals surface area contributed by atoms with E-state index < -0.39 is 10.0 Å². The zero-order valence-corrected chi connectivity index (χ0v) is 12.3. The van der Waals surface area contributed by atoms with Gasteiger partial charge in [0.05, 0.1) is 16.7 Å². The number of rotatable bonds is 5. The van der Waals surface area contributed by atoms with Gasteiger partial charge in [0.1, 0.15) is 6.04 Å². The number of hydrogen-bond acceptors (Lipinski definition) is 4. The Kier molecular flexibility index (Phi) is 4.45. The van der Waals surface area contributed by atoms with Gasteiger partial charge in [0.2, 0.25) is 0 Å². The largest absolute Gasteiger partial charge is 0.370 e. The summed E-state index contributed by atoms with van der Waals surface area (Å²) in [7, 11) is -3.61. The molecule has 0 aliphatic heterocycles. The average Bonchev–Trinajstić information content (AvgIpc) is 2.48. The van der Waals surface area contributed by atoms with E-state index in [-0.39, 0.29) is 10.9 Å². The van der Waals surface area contributed by atoms with Crippen molar-refractivity contribution in [3.8, 4) is 6.07 Å². The van der Waals surface area contributed by atoms with Crippen molar-refractivity contribution >= 4 is 21.4 Å². The molecule has 2 aromatic rings. The van der Waals surface area contributed by atoms with Crippen molar-refractivity contribution in [2.24, 2.45) is 0 Å². The van der Waals surface area contributed by atoms with Gasteiger partial charge in [-0.05, 0) is 37.3 Å². The molecule has 0 aliphatic rings. The van der Waals surface area contributed by atoms with Crippen LogP contribution in [-0.4, -0.2) is 14.5 Å². The molecule has 2 rings (SSSR count). The highest BCUT2D eigenvalue weighted by molar-refractivity contribution is 7.92. The van der Waals surface area contributed by atoms with E-state index in [1.54, 1.807) is 49.4 Å². The minimum atomic E-state index is -3.61. The van der Waals surface area contributed by atoms with Crippen LogP contribution in [0.5, 0.6) is 0 Å². The van der Waals surface area contributed by atoms with Crippen LogP contribution < -0.4 is 10.0 Å². The van der Waals surface area contributed by atoms with E-state index in [0.717, 1.165) is 0 Å². The van der Waals surface area contributed by atoms with Crippen LogP contribution in [0.25, 0.3) is 0 Å². The maximum absolute atomic E-state index is 12.2. The number of anilines is 2. The Morgan fingerprint density at radius 1 is 1.05 bits per heavy atom. The van der Waals surface area contributed by atoms with Crippen LogP contribution in [0.2, 0.25) is 0 Å². The van der Waals surface area contributed by atoms with Crippen molar-refractivity contribution in [1.82, 2.24) is 0 Å². The summed E-state index contributed by atoms with van der Waals surface area (Å²) < 4.78 is 26.9. The third-order valence-corrected chi connectivity index (χ3v) is 4.14. The SMILES string of the molecule is CC(C#N)Nc1cccc(NS(=O)(=O)c2ccccc2)c1. The quantitative estimate of drug-likeness (QED) is 0.889. The lowest BCUT2D eigenvalue weighted by Crippen LogP contribution is -2.14. The van der Waals surface area contributed by atoms with Crippen LogP contribution in [0.15, 0.2) is 59.5 Å². The van der Waals surface area contributed by atoms with Crippen LogP contribution in [-0.2, 0) is 10.0 Å². The molecule has 1 unspecified atom stereocenters. The molecule has 6 heteroatoms. The van der Waals surface area contributed by atoms with Crippen molar-refractivity contribution in [1.29, 1.82) is 5.26 Å². The van der Waals surface area contributed by atoms with Gasteiger partial charge >= 0.3 is 0 Å². The van der Waals surface area contributed by atoms with Crippen molar-refractivity contribution in [3.63, 3.8) is 0 Å². The van der Waals surface area contributed by atoms with Gasteiger partial charge in [0.25, 0.3) is 10.0 Å². The molecular formula is C15H15N3O2S. The van der Waals surface area contributed by atoms with Gasteiger partial charge in [-0.1, -0.05) is 24.3 Å². The van der Waals surface area contributed by atoms with E-state index in [2.05, 4.69) is 16.1 Å². The second kappa shape index (κ2) is 6.29. The topological polar surface area (TPSA) is 82.0 Å². The molecule has 0 aromatic heterocycles. The summed E-state index contributed by atoms with van der Waals surface area (Å²) >= 11 is 0. The van der Waals surface area contributed by atoms with Crippen molar-refractivity contribution in [3.05, 3.63) is 54.6 Å². The maximum atomic E-state index is 12.2. The molecule has 2 aromatic carbocycles. The van der Waals surface area contributed by atoms with Crippen LogP contribution in [0.3, 0.4) is 0 Å². The molecule has 0 heterocycles. The van der Waals surface area contributed by atoms with Gasteiger partial charge in [-0.25, -0.2) is 8.42 Å². The number of sulfonamides is 1. The molecule has 0 amide bonds. The highest BCUT2D eigenvalue weighted by atomic mass is 32.2. The second-order valence-electron chi connectivity index (χ2n) is 4.49. The Labute approximate surface area is 124 Å². The van der Waals surface area contributed by atoms with Gasteiger partial charge in [-0.15, -0.1) is 0 Å². The first-order valence-corrected chi connectivity index (χ1v) is 7.84. The van der Waals surface area contributed by atoms with Gasteiger partial charge in [0.15, 0.2) is 0 Å². The number of nitrogens with zero attached hydrogens (tertiary/aromatic N) is 1. The third kappa shape index (κ3) is 3.97. The van der Waals surface area contributed by atoms with Gasteiger partial charge < -0.3 is 5.32 Å². The average molecular weight is 301 g/mol. The second-order valence-corrected chi connectivity index (χ2v) is 6.18. The van der Waals surface area contributed by atoms with Crippen LogP contribution in [0.1, 0.15) is 6.92 Å². The fourth-order valence-corrected chi connectivity index (χ4v) is 2.84. The Bertz CT molecular complexity index is 752. The summed E-state index contributed by atoms with van der Waals surface area (Å²) in [4.78, 5) is 0.203. The molecule has 0 fully saturated rings. The summed E-state index contributed by atoms with van der Waals surface area (Å²) in [6, 6.07) is 16.6. The van der Waals surface area contributed by atoms with Gasteiger partial charge in [0, 0.05) is 5.69 Å². The van der Waals surface area contributed by atoms with E-state index >= 15 is 0 Å². The smallest absolute Gasteiger partial charge is 0.261 e. The van der Waals surface area contributed by atoms with Gasteiger partial charge in [-0.2, -0.15) is 5.26 Å². The molecule has 21 heavy (non-hydrogen) atoms. The monoisotopic (exact) mass is 301 g/mol. The molecular weight excluding hydrogens is 286 g/mol. The molecule has 0 saturated heterocycles. The molecule has 0 saturated carbocycles. The predicted octanol–water partition coefficient (Wildman–Crippen LogP) is 2.81. The van der Waals surface area contributed by atoms with Gasteiger partial charge in [-0.3, -0.25) is 4.72 Å². The third-order valence-electron chi connectivity index (χ3n) is 2.75. The maximum Gasteiger partial charge on any atom is 0.261 e. The Morgan fingerprint density at radius 3 is 2.38 bits per heavy atom. The molecule has 0 spiro atoms.